The second kappa shape index (κ2) is 5.60. The lowest BCUT2D eigenvalue weighted by atomic mass is 9.87. The molecule has 21 heavy (non-hydrogen) atoms. The van der Waals surface area contributed by atoms with Crippen LogP contribution in [0.4, 0.5) is 0 Å². The van der Waals surface area contributed by atoms with Crippen LogP contribution in [-0.4, -0.2) is 26.1 Å². The molecule has 0 bridgehead atoms. The molecule has 0 spiro atoms. The molecule has 110 valence electrons. The highest BCUT2D eigenvalue weighted by Gasteiger charge is 2.20. The molecule has 0 unspecified atom stereocenters. The molecule has 3 rings (SSSR count). The third-order valence-electron chi connectivity index (χ3n) is 4.24. The van der Waals surface area contributed by atoms with Gasteiger partial charge >= 0.3 is 0 Å². The van der Waals surface area contributed by atoms with Crippen molar-refractivity contribution in [2.75, 3.05) is 0 Å². The van der Waals surface area contributed by atoms with Gasteiger partial charge in [-0.2, -0.15) is 10.4 Å². The summed E-state index contributed by atoms with van der Waals surface area (Å²) in [4.78, 5) is 12.2. The summed E-state index contributed by atoms with van der Waals surface area (Å²) < 4.78 is 3.39. The van der Waals surface area contributed by atoms with Gasteiger partial charge in [0.1, 0.15) is 18.2 Å². The molecule has 6 nitrogen and oxygen atoms in total. The third-order valence-corrected chi connectivity index (χ3v) is 4.24. The van der Waals surface area contributed by atoms with Crippen molar-refractivity contribution in [3.05, 3.63) is 24.2 Å². The molecular formula is C15H19N5O. The van der Waals surface area contributed by atoms with E-state index in [1.54, 1.807) is 21.5 Å². The van der Waals surface area contributed by atoms with Gasteiger partial charge in [0.15, 0.2) is 5.65 Å². The summed E-state index contributed by atoms with van der Waals surface area (Å²) in [6.07, 6.45) is 9.54. The topological polar surface area (TPSA) is 75.1 Å². The van der Waals surface area contributed by atoms with Gasteiger partial charge in [-0.05, 0) is 31.6 Å². The molecule has 0 aromatic carbocycles. The Balaban J connectivity index is 1.66. The van der Waals surface area contributed by atoms with E-state index < -0.39 is 0 Å². The Morgan fingerprint density at radius 3 is 2.90 bits per heavy atom. The molecule has 0 radical (unpaired) electrons. The second-order valence-electron chi connectivity index (χ2n) is 5.89. The molecule has 0 atom stereocenters. The molecule has 1 aliphatic rings. The zero-order chi connectivity index (χ0) is 14.8. The molecule has 2 aromatic heterocycles. The van der Waals surface area contributed by atoms with Crippen molar-refractivity contribution in [2.24, 2.45) is 5.92 Å². The SMILES string of the molecule is CC1CCC(NC(=O)Cn2ccn3ncc(C#N)c23)CC1. The lowest BCUT2D eigenvalue weighted by molar-refractivity contribution is -0.122. The summed E-state index contributed by atoms with van der Waals surface area (Å²) in [5, 5.41) is 16.3. The van der Waals surface area contributed by atoms with E-state index in [0.717, 1.165) is 18.8 Å². The maximum Gasteiger partial charge on any atom is 0.240 e. The second-order valence-corrected chi connectivity index (χ2v) is 5.89. The molecule has 6 heteroatoms. The quantitative estimate of drug-likeness (QED) is 0.932. The first kappa shape index (κ1) is 13.7. The van der Waals surface area contributed by atoms with E-state index in [0.29, 0.717) is 17.3 Å². The van der Waals surface area contributed by atoms with Crippen LogP contribution in [0.3, 0.4) is 0 Å². The number of aromatic nitrogens is 3. The molecule has 2 aromatic rings. The Morgan fingerprint density at radius 2 is 2.19 bits per heavy atom. The highest BCUT2D eigenvalue weighted by atomic mass is 16.2. The first-order valence-electron chi connectivity index (χ1n) is 7.39. The van der Waals surface area contributed by atoms with Gasteiger partial charge in [0.05, 0.1) is 6.20 Å². The van der Waals surface area contributed by atoms with Gasteiger partial charge in [-0.3, -0.25) is 4.79 Å². The molecule has 1 amide bonds. The Hall–Kier alpha value is -2.29. The minimum atomic E-state index is -0.00209. The van der Waals surface area contributed by atoms with Crippen LogP contribution in [0.1, 0.15) is 38.2 Å². The summed E-state index contributed by atoms with van der Waals surface area (Å²) in [7, 11) is 0. The normalized spacial score (nSPS) is 22.1. The van der Waals surface area contributed by atoms with Crippen LogP contribution in [0.25, 0.3) is 5.65 Å². The third kappa shape index (κ3) is 2.77. The van der Waals surface area contributed by atoms with Crippen LogP contribution in [0.15, 0.2) is 18.6 Å². The number of carbonyl (C=O) groups is 1. The summed E-state index contributed by atoms with van der Waals surface area (Å²) in [6, 6.07) is 2.39. The molecule has 1 aliphatic carbocycles. The lowest BCUT2D eigenvalue weighted by Gasteiger charge is -2.26. The number of nitrogens with zero attached hydrogens (tertiary/aromatic N) is 4. The number of nitrogens with one attached hydrogen (secondary N) is 1. The largest absolute Gasteiger partial charge is 0.352 e. The van der Waals surface area contributed by atoms with Crippen LogP contribution >= 0.6 is 0 Å². The highest BCUT2D eigenvalue weighted by molar-refractivity contribution is 5.77. The van der Waals surface area contributed by atoms with E-state index in [-0.39, 0.29) is 12.5 Å². The van der Waals surface area contributed by atoms with Crippen molar-refractivity contribution in [1.82, 2.24) is 19.5 Å². The van der Waals surface area contributed by atoms with Crippen LogP contribution in [0, 0.1) is 17.2 Å². The Kier molecular flexibility index (Phi) is 3.65. The molecule has 0 aliphatic heterocycles. The predicted octanol–water partition coefficient (Wildman–Crippen LogP) is 1.70. The summed E-state index contributed by atoms with van der Waals surface area (Å²) in [5.74, 6) is 0.768. The molecular weight excluding hydrogens is 266 g/mol. The monoisotopic (exact) mass is 285 g/mol. The minimum Gasteiger partial charge on any atom is -0.352 e. The van der Waals surface area contributed by atoms with Crippen LogP contribution in [-0.2, 0) is 11.3 Å². The fourth-order valence-corrected chi connectivity index (χ4v) is 3.00. The number of carbonyl (C=O) groups excluding carboxylic acids is 1. The molecule has 1 saturated carbocycles. The average Bonchev–Trinajstić information content (AvgIpc) is 3.04. The van der Waals surface area contributed by atoms with Crippen molar-refractivity contribution in [2.45, 2.75) is 45.2 Å². The summed E-state index contributed by atoms with van der Waals surface area (Å²) in [5.41, 5.74) is 1.16. The van der Waals surface area contributed by atoms with E-state index in [1.807, 2.05) is 0 Å². The number of hydrogen-bond donors (Lipinski definition) is 1. The van der Waals surface area contributed by atoms with Crippen LogP contribution in [0.5, 0.6) is 0 Å². The van der Waals surface area contributed by atoms with Gasteiger partial charge in [0.2, 0.25) is 5.91 Å². The minimum absolute atomic E-state index is 0.00209. The van der Waals surface area contributed by atoms with Gasteiger partial charge in [0, 0.05) is 18.4 Å². The fraction of sp³-hybridized carbons (Fsp3) is 0.533. The smallest absolute Gasteiger partial charge is 0.240 e. The molecule has 0 saturated heterocycles. The number of amides is 1. The van der Waals surface area contributed by atoms with Gasteiger partial charge in [0.25, 0.3) is 0 Å². The van der Waals surface area contributed by atoms with Crippen molar-refractivity contribution in [3.8, 4) is 6.07 Å². The van der Waals surface area contributed by atoms with E-state index in [1.165, 1.54) is 19.0 Å². The highest BCUT2D eigenvalue weighted by Crippen LogP contribution is 2.23. The van der Waals surface area contributed by atoms with E-state index in [2.05, 4.69) is 23.4 Å². The summed E-state index contributed by atoms with van der Waals surface area (Å²) in [6.45, 7) is 2.49. The van der Waals surface area contributed by atoms with Gasteiger partial charge in [-0.15, -0.1) is 0 Å². The summed E-state index contributed by atoms with van der Waals surface area (Å²) >= 11 is 0. The van der Waals surface area contributed by atoms with Gasteiger partial charge < -0.3 is 9.88 Å². The zero-order valence-corrected chi connectivity index (χ0v) is 12.1. The van der Waals surface area contributed by atoms with Crippen molar-refractivity contribution in [3.63, 3.8) is 0 Å². The van der Waals surface area contributed by atoms with E-state index in [4.69, 9.17) is 5.26 Å². The number of nitriles is 1. The molecule has 2 heterocycles. The maximum atomic E-state index is 12.2. The Morgan fingerprint density at radius 1 is 1.43 bits per heavy atom. The van der Waals surface area contributed by atoms with Crippen molar-refractivity contribution >= 4 is 11.6 Å². The maximum absolute atomic E-state index is 12.2. The van der Waals surface area contributed by atoms with E-state index in [9.17, 15) is 4.79 Å². The number of fused-ring (bicyclic) bond motifs is 1. The fourth-order valence-electron chi connectivity index (χ4n) is 3.00. The lowest BCUT2D eigenvalue weighted by Crippen LogP contribution is -2.39. The van der Waals surface area contributed by atoms with E-state index >= 15 is 0 Å². The number of imidazole rings is 1. The standard InChI is InChI=1S/C15H19N5O/c1-11-2-4-13(5-3-11)18-14(21)10-19-6-7-20-15(19)12(8-16)9-17-20/h6-7,9,11,13H,2-5,10H2,1H3,(H,18,21). The molecule has 1 N–H and O–H groups in total. The first-order valence-corrected chi connectivity index (χ1v) is 7.39. The van der Waals surface area contributed by atoms with Gasteiger partial charge in [-0.25, -0.2) is 4.52 Å². The number of hydrogen-bond acceptors (Lipinski definition) is 3. The predicted molar refractivity (Wildman–Crippen MR) is 77.5 cm³/mol. The van der Waals surface area contributed by atoms with Crippen molar-refractivity contribution < 1.29 is 4.79 Å². The number of rotatable bonds is 3. The van der Waals surface area contributed by atoms with Gasteiger partial charge in [-0.1, -0.05) is 6.92 Å². The first-order chi connectivity index (χ1) is 10.2. The van der Waals surface area contributed by atoms with Crippen molar-refractivity contribution in [1.29, 1.82) is 5.26 Å². The van der Waals surface area contributed by atoms with Crippen LogP contribution < -0.4 is 5.32 Å². The zero-order valence-electron chi connectivity index (χ0n) is 12.1. The average molecular weight is 285 g/mol. The Labute approximate surface area is 123 Å². The Bertz CT molecular complexity index is 685. The van der Waals surface area contributed by atoms with Crippen LogP contribution in [0.2, 0.25) is 0 Å². The molecule has 1 fully saturated rings.